The van der Waals surface area contributed by atoms with Crippen LogP contribution in [0, 0.1) is 17.0 Å². The summed E-state index contributed by atoms with van der Waals surface area (Å²) in [5, 5.41) is 11.3. The van der Waals surface area contributed by atoms with Crippen LogP contribution in [-0.2, 0) is 4.79 Å². The van der Waals surface area contributed by atoms with Crippen LogP contribution < -0.4 is 10.6 Å². The third kappa shape index (κ3) is 4.86. The molecule has 2 amide bonds. The largest absolute Gasteiger partial charge is 0.368 e. The summed E-state index contributed by atoms with van der Waals surface area (Å²) in [6.07, 6.45) is 0. The number of nitrogens with two attached hydrogens (primary N) is 1. The summed E-state index contributed by atoms with van der Waals surface area (Å²) in [4.78, 5) is 38.9. The number of nitrogens with zero attached hydrogens (tertiary/aromatic N) is 3. The van der Waals surface area contributed by atoms with E-state index in [1.54, 1.807) is 4.90 Å². The normalized spacial score (nSPS) is 14.0. The molecule has 1 aliphatic heterocycles. The summed E-state index contributed by atoms with van der Waals surface area (Å²) >= 11 is 1.10. The number of benzene rings is 2. The van der Waals surface area contributed by atoms with E-state index in [4.69, 9.17) is 5.73 Å². The van der Waals surface area contributed by atoms with Gasteiger partial charge >= 0.3 is 0 Å². The standard InChI is InChI=1S/C20H22N4O4S/c1-14-4-2-3-5-16(14)22-8-10-23(11-9-22)19(25)13-29-18-7-6-15(20(21)26)12-17(18)24(27)28/h2-7,12H,8-11,13H2,1H3,(H2,21,26). The Kier molecular flexibility index (Phi) is 6.38. The number of piperazine rings is 1. The van der Waals surface area contributed by atoms with Gasteiger partial charge in [-0.3, -0.25) is 19.7 Å². The van der Waals surface area contributed by atoms with E-state index in [1.165, 1.54) is 23.4 Å². The highest BCUT2D eigenvalue weighted by molar-refractivity contribution is 8.00. The summed E-state index contributed by atoms with van der Waals surface area (Å²) in [6.45, 7) is 4.77. The Bertz CT molecular complexity index is 942. The van der Waals surface area contributed by atoms with E-state index in [0.717, 1.165) is 30.9 Å². The van der Waals surface area contributed by atoms with Gasteiger partial charge < -0.3 is 15.5 Å². The van der Waals surface area contributed by atoms with Crippen molar-refractivity contribution in [2.24, 2.45) is 5.73 Å². The first-order valence-electron chi connectivity index (χ1n) is 9.16. The second kappa shape index (κ2) is 8.95. The summed E-state index contributed by atoms with van der Waals surface area (Å²) in [7, 11) is 0. The SMILES string of the molecule is Cc1ccccc1N1CCN(C(=O)CSc2ccc(C(N)=O)cc2[N+](=O)[O-])CC1. The zero-order chi connectivity index (χ0) is 21.0. The van der Waals surface area contributed by atoms with Gasteiger partial charge in [-0.15, -0.1) is 11.8 Å². The van der Waals surface area contributed by atoms with Crippen LogP contribution in [0.2, 0.25) is 0 Å². The van der Waals surface area contributed by atoms with Crippen molar-refractivity contribution in [2.75, 3.05) is 36.8 Å². The lowest BCUT2D eigenvalue weighted by Crippen LogP contribution is -2.49. The second-order valence-corrected chi connectivity index (χ2v) is 7.76. The number of amides is 2. The molecule has 29 heavy (non-hydrogen) atoms. The molecule has 2 aromatic carbocycles. The van der Waals surface area contributed by atoms with Gasteiger partial charge in [-0.1, -0.05) is 18.2 Å². The first kappa shape index (κ1) is 20.7. The fourth-order valence-corrected chi connectivity index (χ4v) is 4.19. The molecule has 152 valence electrons. The van der Waals surface area contributed by atoms with Gasteiger partial charge in [-0.05, 0) is 30.7 Å². The second-order valence-electron chi connectivity index (χ2n) is 6.75. The molecule has 0 atom stereocenters. The quantitative estimate of drug-likeness (QED) is 0.442. The van der Waals surface area contributed by atoms with Crippen molar-refractivity contribution in [1.29, 1.82) is 0 Å². The highest BCUT2D eigenvalue weighted by atomic mass is 32.2. The van der Waals surface area contributed by atoms with Gasteiger partial charge in [0.05, 0.1) is 15.6 Å². The molecular formula is C20H22N4O4S. The predicted molar refractivity (Wildman–Crippen MR) is 112 cm³/mol. The van der Waals surface area contributed by atoms with Crippen LogP contribution >= 0.6 is 11.8 Å². The number of rotatable bonds is 6. The number of hydrogen-bond acceptors (Lipinski definition) is 6. The molecule has 8 nitrogen and oxygen atoms in total. The summed E-state index contributed by atoms with van der Waals surface area (Å²) in [6, 6.07) is 12.2. The zero-order valence-corrected chi connectivity index (χ0v) is 16.9. The molecule has 0 aromatic heterocycles. The maximum atomic E-state index is 12.6. The number of thioether (sulfide) groups is 1. The van der Waals surface area contributed by atoms with E-state index in [9.17, 15) is 19.7 Å². The molecule has 1 fully saturated rings. The molecule has 1 saturated heterocycles. The van der Waals surface area contributed by atoms with Gasteiger partial charge in [0.2, 0.25) is 11.8 Å². The molecule has 1 aliphatic rings. The van der Waals surface area contributed by atoms with Gasteiger partial charge in [0.15, 0.2) is 0 Å². The molecule has 0 spiro atoms. The van der Waals surface area contributed by atoms with Gasteiger partial charge in [0, 0.05) is 43.5 Å². The number of nitro groups is 1. The van der Waals surface area contributed by atoms with Crippen LogP contribution in [0.15, 0.2) is 47.4 Å². The van der Waals surface area contributed by atoms with E-state index >= 15 is 0 Å². The minimum atomic E-state index is -0.729. The lowest BCUT2D eigenvalue weighted by atomic mass is 10.1. The fraction of sp³-hybridized carbons (Fsp3) is 0.300. The number of nitro benzene ring substituents is 1. The summed E-state index contributed by atoms with van der Waals surface area (Å²) in [5.41, 5.74) is 7.42. The molecule has 0 bridgehead atoms. The molecule has 0 unspecified atom stereocenters. The average molecular weight is 414 g/mol. The van der Waals surface area contributed by atoms with E-state index < -0.39 is 10.8 Å². The topological polar surface area (TPSA) is 110 Å². The van der Waals surface area contributed by atoms with Crippen molar-refractivity contribution >= 4 is 35.0 Å². The van der Waals surface area contributed by atoms with Gasteiger partial charge in [0.25, 0.3) is 5.69 Å². The first-order valence-corrected chi connectivity index (χ1v) is 10.1. The molecular weight excluding hydrogens is 392 g/mol. The van der Waals surface area contributed by atoms with E-state index in [2.05, 4.69) is 24.0 Å². The summed E-state index contributed by atoms with van der Waals surface area (Å²) in [5.74, 6) is -0.693. The monoisotopic (exact) mass is 414 g/mol. The molecule has 0 radical (unpaired) electrons. The number of primary amides is 1. The molecule has 3 rings (SSSR count). The third-order valence-electron chi connectivity index (χ3n) is 4.88. The number of aryl methyl sites for hydroxylation is 1. The number of anilines is 1. The summed E-state index contributed by atoms with van der Waals surface area (Å²) < 4.78 is 0. The smallest absolute Gasteiger partial charge is 0.283 e. The van der Waals surface area contributed by atoms with Crippen LogP contribution in [0.4, 0.5) is 11.4 Å². The van der Waals surface area contributed by atoms with Gasteiger partial charge in [-0.25, -0.2) is 0 Å². The fourth-order valence-electron chi connectivity index (χ4n) is 3.28. The maximum absolute atomic E-state index is 12.6. The van der Waals surface area contributed by atoms with E-state index in [0.29, 0.717) is 18.0 Å². The highest BCUT2D eigenvalue weighted by Gasteiger charge is 2.23. The van der Waals surface area contributed by atoms with Crippen LogP contribution in [0.25, 0.3) is 0 Å². The van der Waals surface area contributed by atoms with Crippen molar-refractivity contribution in [1.82, 2.24) is 4.90 Å². The van der Waals surface area contributed by atoms with Crippen molar-refractivity contribution in [3.63, 3.8) is 0 Å². The number of hydrogen-bond donors (Lipinski definition) is 1. The Morgan fingerprint density at radius 2 is 1.83 bits per heavy atom. The molecule has 0 aliphatic carbocycles. The van der Waals surface area contributed by atoms with Crippen molar-refractivity contribution in [3.8, 4) is 0 Å². The highest BCUT2D eigenvalue weighted by Crippen LogP contribution is 2.30. The number of para-hydroxylation sites is 1. The molecule has 1 heterocycles. The van der Waals surface area contributed by atoms with Crippen molar-refractivity contribution in [3.05, 3.63) is 63.7 Å². The Morgan fingerprint density at radius 3 is 2.45 bits per heavy atom. The van der Waals surface area contributed by atoms with E-state index in [1.807, 2.05) is 12.1 Å². The van der Waals surface area contributed by atoms with E-state index in [-0.39, 0.29) is 22.9 Å². The number of carbonyl (C=O) groups is 2. The lowest BCUT2D eigenvalue weighted by Gasteiger charge is -2.36. The van der Waals surface area contributed by atoms with Crippen LogP contribution in [-0.4, -0.2) is 53.6 Å². The minimum Gasteiger partial charge on any atom is -0.368 e. The Balaban J connectivity index is 1.59. The Labute approximate surface area is 172 Å². The minimum absolute atomic E-state index is 0.0623. The maximum Gasteiger partial charge on any atom is 0.283 e. The molecule has 2 aromatic rings. The van der Waals surface area contributed by atoms with Crippen molar-refractivity contribution in [2.45, 2.75) is 11.8 Å². The van der Waals surface area contributed by atoms with Gasteiger partial charge in [0.1, 0.15) is 0 Å². The average Bonchev–Trinajstić information content (AvgIpc) is 2.72. The predicted octanol–water partition coefficient (Wildman–Crippen LogP) is 2.44. The Morgan fingerprint density at radius 1 is 1.14 bits per heavy atom. The molecule has 2 N–H and O–H groups in total. The first-order chi connectivity index (χ1) is 13.9. The Hall–Kier alpha value is -3.07. The molecule has 0 saturated carbocycles. The van der Waals surface area contributed by atoms with Crippen LogP contribution in [0.1, 0.15) is 15.9 Å². The van der Waals surface area contributed by atoms with Crippen LogP contribution in [0.5, 0.6) is 0 Å². The van der Waals surface area contributed by atoms with Gasteiger partial charge in [-0.2, -0.15) is 0 Å². The zero-order valence-electron chi connectivity index (χ0n) is 16.0. The molecule has 9 heteroatoms. The number of carbonyl (C=O) groups excluding carboxylic acids is 2. The third-order valence-corrected chi connectivity index (χ3v) is 5.93. The van der Waals surface area contributed by atoms with Crippen molar-refractivity contribution < 1.29 is 14.5 Å². The lowest BCUT2D eigenvalue weighted by molar-refractivity contribution is -0.387. The van der Waals surface area contributed by atoms with Crippen LogP contribution in [0.3, 0.4) is 0 Å².